The van der Waals surface area contributed by atoms with E-state index in [1.54, 1.807) is 12.5 Å². The molecule has 2 heterocycles. The molecule has 0 aromatic heterocycles. The summed E-state index contributed by atoms with van der Waals surface area (Å²) in [5.74, 6) is 4.30. The van der Waals surface area contributed by atoms with Crippen molar-refractivity contribution in [1.29, 1.82) is 0 Å². The maximum Gasteiger partial charge on any atom is 0.302 e. The number of piperidine rings is 1. The van der Waals surface area contributed by atoms with Crippen LogP contribution in [0.3, 0.4) is 0 Å². The number of carbonyl (C=O) groups excluding carboxylic acids is 1. The van der Waals surface area contributed by atoms with Gasteiger partial charge in [0.2, 0.25) is 0 Å². The van der Waals surface area contributed by atoms with E-state index in [1.807, 2.05) is 0 Å². The maximum absolute atomic E-state index is 11.5. The predicted octanol–water partition coefficient (Wildman–Crippen LogP) is 5.86. The van der Waals surface area contributed by atoms with Crippen LogP contribution in [0.25, 0.3) is 0 Å². The highest BCUT2D eigenvalue weighted by Gasteiger charge is 2.68. The Morgan fingerprint density at radius 3 is 2.67 bits per heavy atom. The molecule has 4 aliphatic carbocycles. The predicted molar refractivity (Wildman–Crippen MR) is 129 cm³/mol. The highest BCUT2D eigenvalue weighted by Crippen LogP contribution is 2.70. The summed E-state index contributed by atoms with van der Waals surface area (Å²) >= 11 is 0. The minimum absolute atomic E-state index is 0.0621. The number of fused-ring (bicyclic) bond motifs is 7. The lowest BCUT2D eigenvalue weighted by Crippen LogP contribution is -2.57. The fourth-order valence-electron chi connectivity index (χ4n) is 10.2. The molecular formula is C29H45NO3. The molecule has 1 N–H and O–H groups in total. The molecular weight excluding hydrogens is 410 g/mol. The van der Waals surface area contributed by atoms with Gasteiger partial charge in [-0.2, -0.15) is 0 Å². The topological polar surface area (TPSA) is 47.6 Å². The number of esters is 1. The van der Waals surface area contributed by atoms with Gasteiger partial charge in [0.1, 0.15) is 11.8 Å². The molecule has 6 aliphatic rings. The van der Waals surface area contributed by atoms with Crippen LogP contribution in [-0.2, 0) is 14.3 Å². The van der Waals surface area contributed by atoms with Crippen molar-refractivity contribution in [3.05, 3.63) is 11.6 Å². The standard InChI is InChI=1S/C29H45NO3/c1-17-8-13-29(30-16-17)18(2)26-25(33-29)15-24-22-7-6-20-14-21(32-19(3)31)9-11-27(20,4)23(22)10-12-28(24,26)5/h6,17-18,21-26,30H,7-16H2,1-5H3/t17-,18+,21?,22-,23+,24-,25+,26+,27-,28-,29-/m0/s1. The highest BCUT2D eigenvalue weighted by molar-refractivity contribution is 5.66. The first-order valence-electron chi connectivity index (χ1n) is 14.0. The van der Waals surface area contributed by atoms with Crippen LogP contribution in [0.1, 0.15) is 92.4 Å². The molecule has 0 aromatic carbocycles. The Balaban J connectivity index is 1.24. The van der Waals surface area contributed by atoms with Crippen LogP contribution in [0.2, 0.25) is 0 Å². The normalized spacial score (nSPS) is 55.2. The van der Waals surface area contributed by atoms with E-state index >= 15 is 0 Å². The minimum atomic E-state index is -0.127. The molecule has 11 atom stereocenters. The van der Waals surface area contributed by atoms with Crippen LogP contribution in [0, 0.1) is 46.3 Å². The number of nitrogens with one attached hydrogen (secondary N) is 1. The van der Waals surface area contributed by atoms with Crippen LogP contribution in [0.5, 0.6) is 0 Å². The summed E-state index contributed by atoms with van der Waals surface area (Å²) in [5, 5.41) is 3.88. The molecule has 0 radical (unpaired) electrons. The Morgan fingerprint density at radius 1 is 1.12 bits per heavy atom. The SMILES string of the molecule is CC(=O)OC1CC[C@@]2(C)C(=CC[C@H]3[C@H]2CC[C@]2(C)[C@@H]4[C@@H](C)[C@]5(CC[C@H](C)CN5)O[C@@H]4C[C@@H]32)C1. The molecule has 2 aliphatic heterocycles. The van der Waals surface area contributed by atoms with Crippen LogP contribution >= 0.6 is 0 Å². The van der Waals surface area contributed by atoms with Crippen LogP contribution in [0.15, 0.2) is 11.6 Å². The van der Waals surface area contributed by atoms with Crippen molar-refractivity contribution in [1.82, 2.24) is 5.32 Å². The smallest absolute Gasteiger partial charge is 0.302 e. The molecule has 0 amide bonds. The van der Waals surface area contributed by atoms with Crippen molar-refractivity contribution < 1.29 is 14.3 Å². The van der Waals surface area contributed by atoms with Gasteiger partial charge in [0.25, 0.3) is 0 Å². The second-order valence-electron chi connectivity index (χ2n) is 13.4. The quantitative estimate of drug-likeness (QED) is 0.397. The summed E-state index contributed by atoms with van der Waals surface area (Å²) in [4.78, 5) is 11.5. The van der Waals surface area contributed by atoms with Crippen molar-refractivity contribution in [3.63, 3.8) is 0 Å². The number of hydrogen-bond donors (Lipinski definition) is 1. The lowest BCUT2D eigenvalue weighted by Gasteiger charge is -2.58. The monoisotopic (exact) mass is 455 g/mol. The highest BCUT2D eigenvalue weighted by atomic mass is 16.5. The first-order chi connectivity index (χ1) is 15.7. The van der Waals surface area contributed by atoms with E-state index < -0.39 is 0 Å². The summed E-state index contributed by atoms with van der Waals surface area (Å²) in [7, 11) is 0. The number of ether oxygens (including phenoxy) is 2. The van der Waals surface area contributed by atoms with Crippen molar-refractivity contribution in [2.45, 2.75) is 110 Å². The van der Waals surface area contributed by atoms with E-state index in [2.05, 4.69) is 39.1 Å². The third kappa shape index (κ3) is 3.18. The lowest BCUT2D eigenvalue weighted by atomic mass is 9.47. The Labute approximate surface area is 200 Å². The van der Waals surface area contributed by atoms with Crippen molar-refractivity contribution in [3.8, 4) is 0 Å². The second kappa shape index (κ2) is 7.56. The lowest BCUT2D eigenvalue weighted by molar-refractivity contribution is -0.148. The molecule has 0 aromatic rings. The van der Waals surface area contributed by atoms with Crippen molar-refractivity contribution >= 4 is 5.97 Å². The van der Waals surface area contributed by atoms with Gasteiger partial charge in [0, 0.05) is 25.8 Å². The van der Waals surface area contributed by atoms with Crippen LogP contribution in [0.4, 0.5) is 0 Å². The van der Waals surface area contributed by atoms with Gasteiger partial charge in [-0.15, -0.1) is 0 Å². The van der Waals surface area contributed by atoms with Crippen LogP contribution in [-0.4, -0.2) is 30.4 Å². The van der Waals surface area contributed by atoms with E-state index in [1.165, 1.54) is 44.9 Å². The summed E-state index contributed by atoms with van der Waals surface area (Å²) in [6, 6.07) is 0. The van der Waals surface area contributed by atoms with E-state index in [0.29, 0.717) is 28.8 Å². The largest absolute Gasteiger partial charge is 0.462 e. The maximum atomic E-state index is 11.5. The third-order valence-corrected chi connectivity index (χ3v) is 11.9. The number of allylic oxidation sites excluding steroid dienone is 1. The molecule has 3 saturated carbocycles. The first-order valence-corrected chi connectivity index (χ1v) is 14.0. The Morgan fingerprint density at radius 2 is 1.94 bits per heavy atom. The molecule has 1 unspecified atom stereocenters. The fraction of sp³-hybridized carbons (Fsp3) is 0.897. The fourth-order valence-corrected chi connectivity index (χ4v) is 10.2. The molecule has 6 rings (SSSR count). The van der Waals surface area contributed by atoms with Gasteiger partial charge in [0.05, 0.1) is 6.10 Å². The van der Waals surface area contributed by atoms with Gasteiger partial charge < -0.3 is 9.47 Å². The average molecular weight is 456 g/mol. The molecule has 2 saturated heterocycles. The average Bonchev–Trinajstić information content (AvgIpc) is 3.21. The Bertz CT molecular complexity index is 844. The summed E-state index contributed by atoms with van der Waals surface area (Å²) < 4.78 is 12.6. The van der Waals surface area contributed by atoms with E-state index in [9.17, 15) is 4.79 Å². The molecule has 1 spiro atoms. The zero-order valence-electron chi connectivity index (χ0n) is 21.5. The van der Waals surface area contributed by atoms with E-state index in [4.69, 9.17) is 9.47 Å². The van der Waals surface area contributed by atoms with E-state index in [0.717, 1.165) is 43.1 Å². The van der Waals surface area contributed by atoms with Gasteiger partial charge in [-0.05, 0) is 91.8 Å². The number of hydrogen-bond acceptors (Lipinski definition) is 4. The van der Waals surface area contributed by atoms with Gasteiger partial charge in [0.15, 0.2) is 0 Å². The zero-order chi connectivity index (χ0) is 23.2. The van der Waals surface area contributed by atoms with Gasteiger partial charge >= 0.3 is 5.97 Å². The number of rotatable bonds is 1. The molecule has 184 valence electrons. The summed E-state index contributed by atoms with van der Waals surface area (Å²) in [6.45, 7) is 12.7. The molecule has 0 bridgehead atoms. The molecule has 33 heavy (non-hydrogen) atoms. The minimum Gasteiger partial charge on any atom is -0.462 e. The molecule has 4 heteroatoms. The van der Waals surface area contributed by atoms with Crippen molar-refractivity contribution in [2.24, 2.45) is 46.3 Å². The van der Waals surface area contributed by atoms with Gasteiger partial charge in [-0.25, -0.2) is 0 Å². The van der Waals surface area contributed by atoms with Crippen LogP contribution < -0.4 is 5.32 Å². The van der Waals surface area contributed by atoms with E-state index in [-0.39, 0.29) is 17.8 Å². The molecule has 5 fully saturated rings. The third-order valence-electron chi connectivity index (χ3n) is 11.9. The summed E-state index contributed by atoms with van der Waals surface area (Å²) in [6.07, 6.45) is 13.9. The Hall–Kier alpha value is -0.870. The van der Waals surface area contributed by atoms with Gasteiger partial charge in [-0.1, -0.05) is 39.3 Å². The molecule has 4 nitrogen and oxygen atoms in total. The first kappa shape index (κ1) is 22.6. The second-order valence-corrected chi connectivity index (χ2v) is 13.4. The Kier molecular flexibility index (Phi) is 5.18. The van der Waals surface area contributed by atoms with Crippen molar-refractivity contribution in [2.75, 3.05) is 6.54 Å². The zero-order valence-corrected chi connectivity index (χ0v) is 21.5. The number of carbonyl (C=O) groups is 1. The van der Waals surface area contributed by atoms with Gasteiger partial charge in [-0.3, -0.25) is 10.1 Å². The summed E-state index contributed by atoms with van der Waals surface area (Å²) in [5.41, 5.74) is 2.24.